The van der Waals surface area contributed by atoms with E-state index in [0.717, 1.165) is 32.7 Å². The van der Waals surface area contributed by atoms with E-state index in [9.17, 15) is 0 Å². The van der Waals surface area contributed by atoms with Crippen molar-refractivity contribution in [2.45, 2.75) is 12.7 Å². The predicted molar refractivity (Wildman–Crippen MR) is 67.9 cm³/mol. The van der Waals surface area contributed by atoms with Crippen LogP contribution >= 0.6 is 0 Å². The summed E-state index contributed by atoms with van der Waals surface area (Å²) in [5.74, 6) is 0. The third kappa shape index (κ3) is 3.70. The first-order valence-corrected chi connectivity index (χ1v) is 6.14. The average molecular weight is 236 g/mol. The van der Waals surface area contributed by atoms with Crippen molar-refractivity contribution in [1.29, 1.82) is 0 Å². The summed E-state index contributed by atoms with van der Waals surface area (Å²) in [7, 11) is 0. The zero-order valence-electron chi connectivity index (χ0n) is 10.00. The molecule has 0 amide bonds. The number of piperazine rings is 1. The van der Waals surface area contributed by atoms with Crippen LogP contribution in [-0.4, -0.2) is 54.1 Å². The van der Waals surface area contributed by atoms with Crippen molar-refractivity contribution < 1.29 is 10.2 Å². The van der Waals surface area contributed by atoms with Gasteiger partial charge in [0.2, 0.25) is 0 Å². The number of para-hydroxylation sites is 1. The second kappa shape index (κ2) is 6.00. The summed E-state index contributed by atoms with van der Waals surface area (Å²) >= 11 is 0. The number of nitrogens with zero attached hydrogens (tertiary/aromatic N) is 2. The van der Waals surface area contributed by atoms with E-state index < -0.39 is 6.29 Å². The number of rotatable bonds is 4. The van der Waals surface area contributed by atoms with Crippen molar-refractivity contribution in [2.24, 2.45) is 0 Å². The molecule has 4 nitrogen and oxygen atoms in total. The van der Waals surface area contributed by atoms with Crippen LogP contribution in [0.5, 0.6) is 0 Å². The molecule has 0 bridgehead atoms. The van der Waals surface area contributed by atoms with Gasteiger partial charge in [0, 0.05) is 44.8 Å². The zero-order chi connectivity index (χ0) is 12.1. The maximum absolute atomic E-state index is 8.83. The Morgan fingerprint density at radius 3 is 2.24 bits per heavy atom. The summed E-state index contributed by atoms with van der Waals surface area (Å²) in [5.41, 5.74) is 1.27. The normalized spacial score (nSPS) is 17.7. The van der Waals surface area contributed by atoms with Gasteiger partial charge in [-0.15, -0.1) is 0 Å². The third-order valence-corrected chi connectivity index (χ3v) is 3.20. The van der Waals surface area contributed by atoms with Crippen LogP contribution < -0.4 is 4.90 Å². The molecule has 0 radical (unpaired) electrons. The number of aliphatic hydroxyl groups is 2. The maximum Gasteiger partial charge on any atom is 0.152 e. The van der Waals surface area contributed by atoms with Gasteiger partial charge in [-0.3, -0.25) is 4.90 Å². The molecule has 1 saturated heterocycles. The van der Waals surface area contributed by atoms with Crippen molar-refractivity contribution in [1.82, 2.24) is 4.90 Å². The molecule has 94 valence electrons. The van der Waals surface area contributed by atoms with Crippen molar-refractivity contribution in [3.63, 3.8) is 0 Å². The summed E-state index contributed by atoms with van der Waals surface area (Å²) in [6.45, 7) is 4.75. The molecule has 0 aliphatic carbocycles. The minimum absolute atomic E-state index is 0.436. The Balaban J connectivity index is 1.78. The van der Waals surface area contributed by atoms with Gasteiger partial charge in [0.25, 0.3) is 0 Å². The SMILES string of the molecule is OC(O)CCN1CCN(c2ccccc2)CC1. The second-order valence-electron chi connectivity index (χ2n) is 4.43. The van der Waals surface area contributed by atoms with Crippen molar-refractivity contribution >= 4 is 5.69 Å². The van der Waals surface area contributed by atoms with E-state index in [1.54, 1.807) is 0 Å². The molecule has 0 aromatic heterocycles. The number of hydrogen-bond donors (Lipinski definition) is 2. The largest absolute Gasteiger partial charge is 0.369 e. The molecule has 4 heteroatoms. The molecule has 1 fully saturated rings. The van der Waals surface area contributed by atoms with E-state index >= 15 is 0 Å². The van der Waals surface area contributed by atoms with Crippen molar-refractivity contribution in [3.05, 3.63) is 30.3 Å². The molecule has 2 rings (SSSR count). The Hall–Kier alpha value is -1.10. The molecule has 0 saturated carbocycles. The van der Waals surface area contributed by atoms with Crippen LogP contribution in [0.3, 0.4) is 0 Å². The Morgan fingerprint density at radius 2 is 1.65 bits per heavy atom. The highest BCUT2D eigenvalue weighted by Gasteiger charge is 2.17. The van der Waals surface area contributed by atoms with E-state index in [1.807, 2.05) is 6.07 Å². The molecule has 0 unspecified atom stereocenters. The fraction of sp³-hybridized carbons (Fsp3) is 0.538. The maximum atomic E-state index is 8.83. The molecule has 1 heterocycles. The van der Waals surface area contributed by atoms with Gasteiger partial charge in [0.15, 0.2) is 6.29 Å². The molecule has 1 aromatic rings. The lowest BCUT2D eigenvalue weighted by atomic mass is 10.2. The number of benzene rings is 1. The summed E-state index contributed by atoms with van der Waals surface area (Å²) in [6, 6.07) is 10.4. The van der Waals surface area contributed by atoms with Crippen LogP contribution in [0.2, 0.25) is 0 Å². The van der Waals surface area contributed by atoms with E-state index in [2.05, 4.69) is 34.1 Å². The van der Waals surface area contributed by atoms with Crippen LogP contribution in [0.15, 0.2) is 30.3 Å². The average Bonchev–Trinajstić information content (AvgIpc) is 2.38. The Morgan fingerprint density at radius 1 is 1.00 bits per heavy atom. The lowest BCUT2D eigenvalue weighted by molar-refractivity contribution is -0.0504. The molecular formula is C13H20N2O2. The fourth-order valence-corrected chi connectivity index (χ4v) is 2.17. The molecule has 0 atom stereocenters. The van der Waals surface area contributed by atoms with Crippen LogP contribution in [0, 0.1) is 0 Å². The van der Waals surface area contributed by atoms with Crippen molar-refractivity contribution in [2.75, 3.05) is 37.6 Å². The highest BCUT2D eigenvalue weighted by atomic mass is 16.5. The molecule has 2 N–H and O–H groups in total. The number of hydrogen-bond acceptors (Lipinski definition) is 4. The second-order valence-corrected chi connectivity index (χ2v) is 4.43. The lowest BCUT2D eigenvalue weighted by Crippen LogP contribution is -2.47. The molecule has 17 heavy (non-hydrogen) atoms. The van der Waals surface area contributed by atoms with E-state index in [-0.39, 0.29) is 0 Å². The molecule has 1 aromatic carbocycles. The van der Waals surface area contributed by atoms with Gasteiger partial charge in [-0.1, -0.05) is 18.2 Å². The first-order valence-electron chi connectivity index (χ1n) is 6.14. The van der Waals surface area contributed by atoms with E-state index in [4.69, 9.17) is 10.2 Å². The lowest BCUT2D eigenvalue weighted by Gasteiger charge is -2.36. The van der Waals surface area contributed by atoms with Crippen LogP contribution in [0.25, 0.3) is 0 Å². The summed E-state index contributed by atoms with van der Waals surface area (Å²) in [5, 5.41) is 17.7. The highest BCUT2D eigenvalue weighted by molar-refractivity contribution is 5.46. The summed E-state index contributed by atoms with van der Waals surface area (Å²) in [6.07, 6.45) is -0.743. The minimum Gasteiger partial charge on any atom is -0.369 e. The molecule has 1 aliphatic rings. The zero-order valence-corrected chi connectivity index (χ0v) is 10.00. The van der Waals surface area contributed by atoms with Gasteiger partial charge >= 0.3 is 0 Å². The Kier molecular flexibility index (Phi) is 4.36. The monoisotopic (exact) mass is 236 g/mol. The topological polar surface area (TPSA) is 46.9 Å². The first kappa shape index (κ1) is 12.4. The fourth-order valence-electron chi connectivity index (χ4n) is 2.17. The molecule has 0 spiro atoms. The predicted octanol–water partition coefficient (Wildman–Crippen LogP) is 0.509. The van der Waals surface area contributed by atoms with Gasteiger partial charge in [0.1, 0.15) is 0 Å². The number of anilines is 1. The van der Waals surface area contributed by atoms with Gasteiger partial charge in [-0.25, -0.2) is 0 Å². The minimum atomic E-state index is -1.18. The number of aliphatic hydroxyl groups excluding tert-OH is 1. The smallest absolute Gasteiger partial charge is 0.152 e. The Bertz CT molecular complexity index is 321. The highest BCUT2D eigenvalue weighted by Crippen LogP contribution is 2.15. The van der Waals surface area contributed by atoms with Crippen molar-refractivity contribution in [3.8, 4) is 0 Å². The van der Waals surface area contributed by atoms with Crippen LogP contribution in [0.1, 0.15) is 6.42 Å². The van der Waals surface area contributed by atoms with Crippen LogP contribution in [0.4, 0.5) is 5.69 Å². The first-order chi connectivity index (χ1) is 8.25. The van der Waals surface area contributed by atoms with Gasteiger partial charge in [0.05, 0.1) is 0 Å². The van der Waals surface area contributed by atoms with Gasteiger partial charge < -0.3 is 15.1 Å². The summed E-state index contributed by atoms with van der Waals surface area (Å²) in [4.78, 5) is 4.64. The third-order valence-electron chi connectivity index (χ3n) is 3.20. The molecular weight excluding hydrogens is 216 g/mol. The summed E-state index contributed by atoms with van der Waals surface area (Å²) < 4.78 is 0. The van der Waals surface area contributed by atoms with Crippen LogP contribution in [-0.2, 0) is 0 Å². The molecule has 1 aliphatic heterocycles. The Labute approximate surface area is 102 Å². The quantitative estimate of drug-likeness (QED) is 0.748. The van der Waals surface area contributed by atoms with E-state index in [1.165, 1.54) is 5.69 Å². The standard InChI is InChI=1S/C13H20N2O2/c16-13(17)6-7-14-8-10-15(11-9-14)12-4-2-1-3-5-12/h1-5,13,16-17H,6-11H2. The van der Waals surface area contributed by atoms with E-state index in [0.29, 0.717) is 6.42 Å². The van der Waals surface area contributed by atoms with Gasteiger partial charge in [-0.2, -0.15) is 0 Å². The van der Waals surface area contributed by atoms with Gasteiger partial charge in [-0.05, 0) is 12.1 Å².